The second kappa shape index (κ2) is 7.89. The predicted molar refractivity (Wildman–Crippen MR) is 111 cm³/mol. The Kier molecular flexibility index (Phi) is 4.99. The fourth-order valence-electron chi connectivity index (χ4n) is 3.04. The zero-order valence-electron chi connectivity index (χ0n) is 15.9. The van der Waals surface area contributed by atoms with Crippen molar-refractivity contribution in [2.24, 2.45) is 7.05 Å². The number of pyridine rings is 2. The summed E-state index contributed by atoms with van der Waals surface area (Å²) in [7, 11) is 1.94. The van der Waals surface area contributed by atoms with Crippen LogP contribution in [0.15, 0.2) is 73.2 Å². The van der Waals surface area contributed by atoms with E-state index in [4.69, 9.17) is 0 Å². The van der Waals surface area contributed by atoms with Crippen LogP contribution in [0.1, 0.15) is 23.9 Å². The second-order valence-electron chi connectivity index (χ2n) is 6.50. The lowest BCUT2D eigenvalue weighted by Gasteiger charge is -2.03. The third kappa shape index (κ3) is 3.84. The van der Waals surface area contributed by atoms with Gasteiger partial charge in [-0.2, -0.15) is 5.10 Å². The highest BCUT2D eigenvalue weighted by atomic mass is 15.2. The summed E-state index contributed by atoms with van der Waals surface area (Å²) in [5, 5.41) is 4.65. The Hall–Kier alpha value is -3.71. The second-order valence-corrected chi connectivity index (χ2v) is 6.50. The summed E-state index contributed by atoms with van der Waals surface area (Å²) < 4.78 is 1.84. The molecule has 0 bridgehead atoms. The van der Waals surface area contributed by atoms with E-state index in [0.29, 0.717) is 0 Å². The number of aromatic nitrogens is 4. The molecule has 4 nitrogen and oxygen atoms in total. The van der Waals surface area contributed by atoms with Crippen LogP contribution in [0, 0.1) is 11.8 Å². The molecule has 3 heterocycles. The molecule has 0 amide bonds. The van der Waals surface area contributed by atoms with Gasteiger partial charge in [-0.1, -0.05) is 31.0 Å². The van der Waals surface area contributed by atoms with E-state index >= 15 is 0 Å². The van der Waals surface area contributed by atoms with E-state index in [1.807, 2.05) is 60.4 Å². The fourth-order valence-corrected chi connectivity index (χ4v) is 3.04. The van der Waals surface area contributed by atoms with Crippen LogP contribution in [0.3, 0.4) is 0 Å². The lowest BCUT2D eigenvalue weighted by atomic mass is 10.0. The molecule has 28 heavy (non-hydrogen) atoms. The van der Waals surface area contributed by atoms with Gasteiger partial charge in [0.05, 0.1) is 0 Å². The highest BCUT2D eigenvalue weighted by molar-refractivity contribution is 5.80. The van der Waals surface area contributed by atoms with Gasteiger partial charge in [-0.05, 0) is 54.3 Å². The van der Waals surface area contributed by atoms with E-state index < -0.39 is 0 Å². The molecule has 4 aromatic rings. The topological polar surface area (TPSA) is 43.6 Å². The minimum Gasteiger partial charge on any atom is -0.275 e. The van der Waals surface area contributed by atoms with E-state index in [2.05, 4.69) is 46.0 Å². The van der Waals surface area contributed by atoms with Crippen LogP contribution in [0.25, 0.3) is 22.4 Å². The van der Waals surface area contributed by atoms with Crippen molar-refractivity contribution in [1.82, 2.24) is 19.7 Å². The van der Waals surface area contributed by atoms with E-state index in [0.717, 1.165) is 45.8 Å². The van der Waals surface area contributed by atoms with Crippen LogP contribution in [0.5, 0.6) is 0 Å². The Bertz CT molecular complexity index is 1150. The lowest BCUT2D eigenvalue weighted by Crippen LogP contribution is -1.89. The van der Waals surface area contributed by atoms with Gasteiger partial charge in [0, 0.05) is 48.0 Å². The molecule has 3 aromatic heterocycles. The normalized spacial score (nSPS) is 10.4. The zero-order chi connectivity index (χ0) is 19.3. The molecular weight excluding hydrogens is 344 g/mol. The first kappa shape index (κ1) is 17.7. The summed E-state index contributed by atoms with van der Waals surface area (Å²) in [5.74, 6) is 6.34. The summed E-state index contributed by atoms with van der Waals surface area (Å²) in [4.78, 5) is 8.63. The molecule has 0 aliphatic carbocycles. The van der Waals surface area contributed by atoms with Gasteiger partial charge in [0.25, 0.3) is 0 Å². The summed E-state index contributed by atoms with van der Waals surface area (Å²) in [6, 6.07) is 18.1. The average Bonchev–Trinajstić information content (AvgIpc) is 3.15. The quantitative estimate of drug-likeness (QED) is 0.503. The van der Waals surface area contributed by atoms with Crippen molar-refractivity contribution in [3.63, 3.8) is 0 Å². The molecule has 0 saturated heterocycles. The Morgan fingerprint density at radius 1 is 0.893 bits per heavy atom. The molecule has 0 radical (unpaired) electrons. The van der Waals surface area contributed by atoms with Crippen LogP contribution < -0.4 is 0 Å². The minimum absolute atomic E-state index is 0.799. The maximum atomic E-state index is 4.65. The van der Waals surface area contributed by atoms with E-state index in [9.17, 15) is 0 Å². The number of hydrogen-bond donors (Lipinski definition) is 0. The molecule has 0 unspecified atom stereocenters. The van der Waals surface area contributed by atoms with Gasteiger partial charge in [-0.25, -0.2) is 4.98 Å². The van der Waals surface area contributed by atoms with Crippen molar-refractivity contribution in [2.75, 3.05) is 0 Å². The average molecular weight is 364 g/mol. The fraction of sp³-hybridized carbons (Fsp3) is 0.125. The van der Waals surface area contributed by atoms with Gasteiger partial charge >= 0.3 is 0 Å². The maximum absolute atomic E-state index is 4.65. The smallest absolute Gasteiger partial charge is 0.113 e. The number of nitrogens with zero attached hydrogens (tertiary/aromatic N) is 4. The number of hydrogen-bond acceptors (Lipinski definition) is 3. The van der Waals surface area contributed by atoms with Crippen molar-refractivity contribution in [3.05, 3.63) is 90.1 Å². The van der Waals surface area contributed by atoms with Crippen molar-refractivity contribution in [3.8, 4) is 34.2 Å². The van der Waals surface area contributed by atoms with Gasteiger partial charge < -0.3 is 0 Å². The van der Waals surface area contributed by atoms with Gasteiger partial charge in [0.1, 0.15) is 11.4 Å². The third-order valence-electron chi connectivity index (χ3n) is 4.48. The minimum atomic E-state index is 0.799. The summed E-state index contributed by atoms with van der Waals surface area (Å²) >= 11 is 0. The Balaban J connectivity index is 1.62. The summed E-state index contributed by atoms with van der Waals surface area (Å²) in [6.45, 7) is 2.09. The van der Waals surface area contributed by atoms with Crippen LogP contribution in [0.4, 0.5) is 0 Å². The van der Waals surface area contributed by atoms with Crippen LogP contribution in [0.2, 0.25) is 0 Å². The van der Waals surface area contributed by atoms with Gasteiger partial charge in [0.15, 0.2) is 0 Å². The van der Waals surface area contributed by atoms with Crippen LogP contribution in [-0.2, 0) is 13.5 Å². The largest absolute Gasteiger partial charge is 0.275 e. The monoisotopic (exact) mass is 364 g/mol. The number of benzene rings is 1. The third-order valence-corrected chi connectivity index (χ3v) is 4.48. The molecule has 136 valence electrons. The predicted octanol–water partition coefficient (Wildman–Crippen LogP) is 4.51. The molecular formula is C24H20N4. The number of rotatable bonds is 3. The zero-order valence-corrected chi connectivity index (χ0v) is 15.9. The van der Waals surface area contributed by atoms with Crippen molar-refractivity contribution >= 4 is 0 Å². The van der Waals surface area contributed by atoms with Crippen molar-refractivity contribution < 1.29 is 0 Å². The van der Waals surface area contributed by atoms with Crippen molar-refractivity contribution in [2.45, 2.75) is 13.3 Å². The van der Waals surface area contributed by atoms with E-state index in [1.165, 1.54) is 0 Å². The molecule has 0 N–H and O–H groups in total. The van der Waals surface area contributed by atoms with Gasteiger partial charge in [0.2, 0.25) is 0 Å². The molecule has 0 aliphatic rings. The Labute approximate surface area is 164 Å². The van der Waals surface area contributed by atoms with E-state index in [1.54, 1.807) is 12.4 Å². The SMILES string of the molecule is CCc1cccc(C#Cc2ccc(-c3nn(C)cc3-c3ccncc3)cc2)n1. The van der Waals surface area contributed by atoms with Crippen LogP contribution >= 0.6 is 0 Å². The Morgan fingerprint density at radius 3 is 2.43 bits per heavy atom. The molecule has 0 spiro atoms. The van der Waals surface area contributed by atoms with Gasteiger partial charge in [-0.3, -0.25) is 9.67 Å². The van der Waals surface area contributed by atoms with Gasteiger partial charge in [-0.15, -0.1) is 0 Å². The lowest BCUT2D eigenvalue weighted by molar-refractivity contribution is 0.771. The van der Waals surface area contributed by atoms with Crippen LogP contribution in [-0.4, -0.2) is 19.7 Å². The highest BCUT2D eigenvalue weighted by Gasteiger charge is 2.11. The van der Waals surface area contributed by atoms with Crippen molar-refractivity contribution in [1.29, 1.82) is 0 Å². The molecule has 0 saturated carbocycles. The summed E-state index contributed by atoms with van der Waals surface area (Å²) in [6.07, 6.45) is 6.54. The Morgan fingerprint density at radius 2 is 1.68 bits per heavy atom. The summed E-state index contributed by atoms with van der Waals surface area (Å²) in [5.41, 5.74) is 7.01. The first-order valence-electron chi connectivity index (χ1n) is 9.25. The first-order valence-corrected chi connectivity index (χ1v) is 9.25. The molecule has 4 heteroatoms. The molecule has 1 aromatic carbocycles. The first-order chi connectivity index (χ1) is 13.7. The molecule has 4 rings (SSSR count). The standard InChI is InChI=1S/C24H20N4/c1-3-21-5-4-6-22(26-21)12-9-18-7-10-20(11-8-18)24-23(17-28(2)27-24)19-13-15-25-16-14-19/h4-8,10-11,13-17H,3H2,1-2H3. The molecule has 0 fully saturated rings. The highest BCUT2D eigenvalue weighted by Crippen LogP contribution is 2.30. The maximum Gasteiger partial charge on any atom is 0.113 e. The number of aryl methyl sites for hydroxylation is 2. The molecule has 0 atom stereocenters. The molecule has 0 aliphatic heterocycles. The van der Waals surface area contributed by atoms with E-state index in [-0.39, 0.29) is 0 Å².